The first kappa shape index (κ1) is 20.2. The Morgan fingerprint density at radius 3 is 2.48 bits per heavy atom. The first-order valence-electron chi connectivity index (χ1n) is 10.6. The fourth-order valence-corrected chi connectivity index (χ4v) is 6.43. The Hall–Kier alpha value is -2.75. The molecule has 0 N–H and O–H groups in total. The highest BCUT2D eigenvalue weighted by Crippen LogP contribution is 2.50. The van der Waals surface area contributed by atoms with Crippen molar-refractivity contribution in [1.29, 1.82) is 5.26 Å². The summed E-state index contributed by atoms with van der Waals surface area (Å²) in [4.78, 5) is 15.6. The number of hydrogen-bond donors (Lipinski definition) is 0. The minimum absolute atomic E-state index is 0.0587. The van der Waals surface area contributed by atoms with E-state index in [1.165, 1.54) is 0 Å². The molecule has 158 valence electrons. The Bertz CT molecular complexity index is 1300. The van der Waals surface area contributed by atoms with Crippen LogP contribution < -0.4 is 0 Å². The van der Waals surface area contributed by atoms with E-state index in [1.807, 2.05) is 24.3 Å². The van der Waals surface area contributed by atoms with Gasteiger partial charge in [-0.15, -0.1) is 0 Å². The molecule has 5 nitrogen and oxygen atoms in total. The number of rotatable bonds is 2. The van der Waals surface area contributed by atoms with Gasteiger partial charge in [0, 0.05) is 36.2 Å². The molecule has 1 fully saturated rings. The Labute approximate surface area is 182 Å². The number of hydrogen-bond acceptors (Lipinski definition) is 5. The van der Waals surface area contributed by atoms with Crippen molar-refractivity contribution < 1.29 is 13.2 Å². The molecule has 31 heavy (non-hydrogen) atoms. The maximum atomic E-state index is 13.5. The summed E-state index contributed by atoms with van der Waals surface area (Å²) < 4.78 is 23.4. The lowest BCUT2D eigenvalue weighted by atomic mass is 9.68. The first-order chi connectivity index (χ1) is 14.7. The zero-order chi connectivity index (χ0) is 22.0. The van der Waals surface area contributed by atoms with E-state index < -0.39 is 9.84 Å². The second-order valence-electron chi connectivity index (χ2n) is 9.28. The molecule has 0 amide bonds. The van der Waals surface area contributed by atoms with Crippen molar-refractivity contribution in [3.8, 4) is 6.07 Å². The van der Waals surface area contributed by atoms with Crippen LogP contribution in [0.2, 0.25) is 0 Å². The van der Waals surface area contributed by atoms with Gasteiger partial charge >= 0.3 is 0 Å². The molecule has 2 aromatic rings. The number of carbonyl (C=O) groups excluding carboxylic acids is 1. The quantitative estimate of drug-likeness (QED) is 0.728. The Morgan fingerprint density at radius 2 is 1.77 bits per heavy atom. The summed E-state index contributed by atoms with van der Waals surface area (Å²) in [5.41, 5.74) is 7.12. The standard InChI is InChI=1S/C25H24N2O3S/c1-25(2)21-12-17(15-27-7-9-31(29,30)10-8-27)4-6-20(21)24(28)23-19-5-3-16(14-26)11-18(19)13-22(23)25/h3-6,11-12H,7-10,13,15H2,1-2H3. The molecule has 2 aromatic carbocycles. The van der Waals surface area contributed by atoms with Crippen LogP contribution in [-0.4, -0.2) is 43.7 Å². The van der Waals surface area contributed by atoms with Crippen LogP contribution in [0.15, 0.2) is 42.0 Å². The highest BCUT2D eigenvalue weighted by molar-refractivity contribution is 7.91. The monoisotopic (exact) mass is 432 g/mol. The molecule has 0 unspecified atom stereocenters. The van der Waals surface area contributed by atoms with Crippen molar-refractivity contribution in [2.75, 3.05) is 24.6 Å². The predicted molar refractivity (Wildman–Crippen MR) is 120 cm³/mol. The summed E-state index contributed by atoms with van der Waals surface area (Å²) in [6.07, 6.45) is 0.687. The number of ketones is 1. The molecule has 3 aliphatic rings. The number of Topliss-reactive ketones (excluding diaryl/α,β-unsaturated/α-hetero) is 1. The fourth-order valence-electron chi connectivity index (χ4n) is 5.16. The van der Waals surface area contributed by atoms with Crippen LogP contribution in [0.25, 0.3) is 5.57 Å². The fraction of sp³-hybridized carbons (Fsp3) is 0.360. The minimum atomic E-state index is -2.90. The van der Waals surface area contributed by atoms with Gasteiger partial charge in [-0.25, -0.2) is 8.42 Å². The Morgan fingerprint density at radius 1 is 1.06 bits per heavy atom. The third-order valence-electron chi connectivity index (χ3n) is 7.00. The number of allylic oxidation sites excluding steroid dienone is 2. The molecule has 6 heteroatoms. The number of sulfone groups is 1. The number of carbonyl (C=O) groups is 1. The molecule has 0 bridgehead atoms. The number of benzene rings is 2. The first-order valence-corrected chi connectivity index (χ1v) is 12.4. The second kappa shape index (κ2) is 6.88. The van der Waals surface area contributed by atoms with Crippen molar-refractivity contribution in [2.24, 2.45) is 0 Å². The van der Waals surface area contributed by atoms with E-state index in [0.29, 0.717) is 31.6 Å². The lowest BCUT2D eigenvalue weighted by Crippen LogP contribution is -2.39. The van der Waals surface area contributed by atoms with Gasteiger partial charge < -0.3 is 0 Å². The summed E-state index contributed by atoms with van der Waals surface area (Å²) >= 11 is 0. The van der Waals surface area contributed by atoms with Gasteiger partial charge in [0.05, 0.1) is 23.1 Å². The molecule has 0 aromatic heterocycles. The highest BCUT2D eigenvalue weighted by Gasteiger charge is 2.42. The van der Waals surface area contributed by atoms with E-state index in [0.717, 1.165) is 39.0 Å². The second-order valence-corrected chi connectivity index (χ2v) is 11.6. The largest absolute Gasteiger partial charge is 0.297 e. The summed E-state index contributed by atoms with van der Waals surface area (Å²) in [5.74, 6) is 0.478. The highest BCUT2D eigenvalue weighted by atomic mass is 32.2. The van der Waals surface area contributed by atoms with Gasteiger partial charge in [-0.2, -0.15) is 5.26 Å². The van der Waals surface area contributed by atoms with Gasteiger partial charge in [-0.3, -0.25) is 9.69 Å². The van der Waals surface area contributed by atoms with Gasteiger partial charge in [0.15, 0.2) is 15.6 Å². The summed E-state index contributed by atoms with van der Waals surface area (Å²) in [5, 5.41) is 9.25. The van der Waals surface area contributed by atoms with Gasteiger partial charge in [0.1, 0.15) is 0 Å². The zero-order valence-corrected chi connectivity index (χ0v) is 18.6. The van der Waals surface area contributed by atoms with E-state index in [1.54, 1.807) is 6.07 Å². The van der Waals surface area contributed by atoms with Crippen molar-refractivity contribution in [1.82, 2.24) is 4.90 Å². The Kier molecular flexibility index (Phi) is 4.47. The number of nitriles is 1. The molecule has 0 saturated carbocycles. The molecule has 5 rings (SSSR count). The van der Waals surface area contributed by atoms with Crippen molar-refractivity contribution in [3.63, 3.8) is 0 Å². The number of nitrogens with zero attached hydrogens (tertiary/aromatic N) is 2. The summed E-state index contributed by atoms with van der Waals surface area (Å²) in [7, 11) is -2.90. The maximum Gasteiger partial charge on any atom is 0.193 e. The average molecular weight is 433 g/mol. The Balaban J connectivity index is 1.49. The van der Waals surface area contributed by atoms with Crippen LogP contribution in [-0.2, 0) is 28.2 Å². The van der Waals surface area contributed by atoms with E-state index in [-0.39, 0.29) is 22.7 Å². The third-order valence-corrected chi connectivity index (χ3v) is 8.61. The molecular formula is C25H24N2O3S. The SMILES string of the molecule is CC1(C)C2=C(C(=O)c3ccc(CN4CCS(=O)(=O)CC4)cc31)c1ccc(C#N)cc1C2. The molecule has 1 aliphatic heterocycles. The lowest BCUT2D eigenvalue weighted by molar-refractivity contribution is 0.105. The summed E-state index contributed by atoms with van der Waals surface area (Å²) in [6, 6.07) is 13.8. The molecule has 0 radical (unpaired) electrons. The number of fused-ring (bicyclic) bond motifs is 3. The van der Waals surface area contributed by atoms with Crippen LogP contribution in [0.4, 0.5) is 0 Å². The van der Waals surface area contributed by atoms with Crippen LogP contribution >= 0.6 is 0 Å². The molecule has 2 aliphatic carbocycles. The van der Waals surface area contributed by atoms with Gasteiger partial charge in [0.2, 0.25) is 0 Å². The van der Waals surface area contributed by atoms with Crippen molar-refractivity contribution in [2.45, 2.75) is 32.2 Å². The van der Waals surface area contributed by atoms with E-state index in [9.17, 15) is 18.5 Å². The minimum Gasteiger partial charge on any atom is -0.297 e. The van der Waals surface area contributed by atoms with Crippen LogP contribution in [0, 0.1) is 11.3 Å². The van der Waals surface area contributed by atoms with Crippen molar-refractivity contribution in [3.05, 3.63) is 75.4 Å². The van der Waals surface area contributed by atoms with Gasteiger partial charge in [-0.05, 0) is 46.4 Å². The molecule has 0 atom stereocenters. The van der Waals surface area contributed by atoms with E-state index in [2.05, 4.69) is 30.9 Å². The van der Waals surface area contributed by atoms with Crippen molar-refractivity contribution >= 4 is 21.2 Å². The van der Waals surface area contributed by atoms with E-state index in [4.69, 9.17) is 0 Å². The zero-order valence-electron chi connectivity index (χ0n) is 17.7. The van der Waals surface area contributed by atoms with Crippen LogP contribution in [0.3, 0.4) is 0 Å². The van der Waals surface area contributed by atoms with Crippen LogP contribution in [0.5, 0.6) is 0 Å². The normalized spacial score (nSPS) is 21.3. The molecule has 1 saturated heterocycles. The molecule has 1 heterocycles. The third kappa shape index (κ3) is 3.24. The maximum absolute atomic E-state index is 13.5. The lowest BCUT2D eigenvalue weighted by Gasteiger charge is -2.35. The topological polar surface area (TPSA) is 78.2 Å². The van der Waals surface area contributed by atoms with Crippen LogP contribution in [0.1, 0.15) is 52.0 Å². The molecule has 0 spiro atoms. The summed E-state index contributed by atoms with van der Waals surface area (Å²) in [6.45, 7) is 6.12. The molecular weight excluding hydrogens is 408 g/mol. The van der Waals surface area contributed by atoms with Gasteiger partial charge in [-0.1, -0.05) is 38.1 Å². The van der Waals surface area contributed by atoms with Gasteiger partial charge in [0.25, 0.3) is 0 Å². The van der Waals surface area contributed by atoms with E-state index >= 15 is 0 Å². The predicted octanol–water partition coefficient (Wildman–Crippen LogP) is 3.27. The smallest absolute Gasteiger partial charge is 0.193 e. The average Bonchev–Trinajstić information content (AvgIpc) is 3.14.